The van der Waals surface area contributed by atoms with Gasteiger partial charge in [0.2, 0.25) is 23.1 Å². The van der Waals surface area contributed by atoms with Crippen LogP contribution in [0.5, 0.6) is 23.0 Å². The van der Waals surface area contributed by atoms with Crippen LogP contribution in [0.15, 0.2) is 312 Å². The van der Waals surface area contributed by atoms with Crippen molar-refractivity contribution in [1.29, 1.82) is 0 Å². The zero-order chi connectivity index (χ0) is 91.6. The number of carbonyl (C=O) groups excluding carboxylic acids is 8. The molecule has 2 atom stereocenters. The first kappa shape index (κ1) is 91.7. The third-order valence-corrected chi connectivity index (χ3v) is 20.1. The summed E-state index contributed by atoms with van der Waals surface area (Å²) >= 11 is -5.76. The standard InChI is InChI=1S/C23H15N3O3.3C22H13N3O3.CH4O4S.ClH.2H2O4S/c1-25-13-7-6-12-18(25)23(29)26-17-11-5-3-9-15(17)22(28)20(26)19-21(27)14-8-2-4-10-16(14)24-19;2*26-20-13-7-1-3-9-15(13)24-18(20)19-21(27)14-8-2-4-11-17(14)25(19)22(28)16-10-5-6-12-23-16;26-20-14-7-1-3-9-16(14)24-18(20)19-21(27)15-8-2-4-10-17(15)25(19)22(28)13-6-5-11-23-12-13;1-6(3,4)5-2;;2*1-4-5(2)3/h2-13H,1H3;3*1-12,27H;2H,1H3;1H;2*1H,(H,2,3)/p-5. The Kier molecular flexibility index (Phi) is 28.0. The number of Topliss-reactive ketones (excluding diaryl/α,β-unsaturated/α-hetero) is 4. The molecule has 4 N–H and O–H groups in total. The molecule has 0 bridgehead atoms. The molecule has 0 aliphatic carbocycles. The summed E-state index contributed by atoms with van der Waals surface area (Å²) in [5.74, 6) is -3.53. The second kappa shape index (κ2) is 39.7. The van der Waals surface area contributed by atoms with E-state index in [-0.39, 0.29) is 121 Å². The number of aromatic hydroxyl groups is 4. The molecule has 2 unspecified atom stereocenters. The van der Waals surface area contributed by atoms with Crippen LogP contribution in [0.3, 0.4) is 0 Å². The third-order valence-electron chi connectivity index (χ3n) is 19.7. The first-order valence-corrected chi connectivity index (χ1v) is 41.4. The highest BCUT2D eigenvalue weighted by molar-refractivity contribution is 7.85. The lowest BCUT2D eigenvalue weighted by molar-refractivity contribution is -0.673. The highest BCUT2D eigenvalue weighted by Crippen LogP contribution is 2.43. The summed E-state index contributed by atoms with van der Waals surface area (Å²) in [4.78, 5) is 135. The van der Waals surface area contributed by atoms with Gasteiger partial charge in [0.15, 0.2) is 29.2 Å². The highest BCUT2D eigenvalue weighted by Gasteiger charge is 2.40. The molecule has 4 aliphatic heterocycles. The zero-order valence-corrected chi connectivity index (χ0v) is 69.8. The van der Waals surface area contributed by atoms with E-state index in [1.54, 1.807) is 279 Å². The van der Waals surface area contributed by atoms with Gasteiger partial charge in [0.05, 0.1) is 79.4 Å². The molecular formula is C90H58ClN12O24S3-5. The average Bonchev–Trinajstić information content (AvgIpc) is 1.59. The number of carbonyl (C=O) groups is 8. The Morgan fingerprint density at radius 1 is 0.377 bits per heavy atom. The molecule has 0 amide bonds. The molecule has 0 fully saturated rings. The summed E-state index contributed by atoms with van der Waals surface area (Å²) in [6.07, 6.45) is 8.51. The van der Waals surface area contributed by atoms with Crippen molar-refractivity contribution in [3.05, 3.63) is 360 Å². The van der Waals surface area contributed by atoms with E-state index in [9.17, 15) is 67.2 Å². The number of fused-ring (bicyclic) bond motifs is 8. The molecule has 8 aromatic heterocycles. The van der Waals surface area contributed by atoms with Crippen LogP contribution in [0.1, 0.15) is 106 Å². The normalized spacial score (nSPS) is 12.9. The number of hydrogen-bond acceptors (Lipinski definition) is 31. The molecule has 16 aromatic rings. The molecule has 36 nitrogen and oxygen atoms in total. The fraction of sp³-hybridized carbons (Fsp3) is 0.0222. The number of para-hydroxylation sites is 8. The minimum absolute atomic E-state index is 0. The van der Waals surface area contributed by atoms with Crippen molar-refractivity contribution in [1.82, 2.24) is 33.2 Å². The molecule has 130 heavy (non-hydrogen) atoms. The van der Waals surface area contributed by atoms with Gasteiger partial charge in [-0.2, -0.15) is 4.57 Å². The Morgan fingerprint density at radius 3 is 0.923 bits per heavy atom. The summed E-state index contributed by atoms with van der Waals surface area (Å²) < 4.78 is 68.8. The van der Waals surface area contributed by atoms with Gasteiger partial charge in [0.1, 0.15) is 64.1 Å². The van der Waals surface area contributed by atoms with E-state index < -0.39 is 50.6 Å². The predicted octanol–water partition coefficient (Wildman–Crippen LogP) is 5.81. The van der Waals surface area contributed by atoms with Gasteiger partial charge < -0.3 is 70.7 Å². The summed E-state index contributed by atoms with van der Waals surface area (Å²) in [6.45, 7) is 0. The predicted molar refractivity (Wildman–Crippen MR) is 457 cm³/mol. The number of nitrogens with zero attached hydrogens (tertiary/aromatic N) is 12. The van der Waals surface area contributed by atoms with Crippen LogP contribution in [-0.4, -0.2) is 155 Å². The van der Waals surface area contributed by atoms with Crippen molar-refractivity contribution in [2.24, 2.45) is 27.0 Å². The van der Waals surface area contributed by atoms with E-state index >= 15 is 0 Å². The maximum Gasteiger partial charge on any atom is 0.327 e. The number of aliphatic imine (C=N–C) groups is 4. The third kappa shape index (κ3) is 18.4. The van der Waals surface area contributed by atoms with Gasteiger partial charge in [-0.3, -0.25) is 71.6 Å². The monoisotopic (exact) mass is 1820 g/mol. The van der Waals surface area contributed by atoms with Gasteiger partial charge in [-0.1, -0.05) is 109 Å². The molecular weight excluding hydrogens is 1760 g/mol. The molecule has 0 saturated carbocycles. The van der Waals surface area contributed by atoms with Gasteiger partial charge in [-0.05, 0) is 140 Å². The van der Waals surface area contributed by atoms with Gasteiger partial charge in [0.25, 0.3) is 33.5 Å². The number of aromatic nitrogens is 8. The molecule has 20 rings (SSSR count). The van der Waals surface area contributed by atoms with Crippen LogP contribution >= 0.6 is 0 Å². The largest absolute Gasteiger partial charge is 1.00 e. The van der Waals surface area contributed by atoms with Crippen LogP contribution in [0.2, 0.25) is 0 Å². The Morgan fingerprint density at radius 2 is 0.654 bits per heavy atom. The van der Waals surface area contributed by atoms with Gasteiger partial charge >= 0.3 is 5.91 Å². The quantitative estimate of drug-likeness (QED) is 0.0514. The lowest BCUT2D eigenvalue weighted by atomic mass is 10.1. The maximum absolute atomic E-state index is 13.5. The van der Waals surface area contributed by atoms with Gasteiger partial charge in [-0.15, -0.1) is 0 Å². The molecule has 0 radical (unpaired) electrons. The number of rotatable bonds is 11. The molecule has 0 spiro atoms. The zero-order valence-electron chi connectivity index (χ0n) is 66.6. The number of benzene rings is 8. The first-order chi connectivity index (χ1) is 62.2. The van der Waals surface area contributed by atoms with Crippen molar-refractivity contribution in [3.8, 4) is 23.0 Å². The molecule has 4 aliphatic rings. The summed E-state index contributed by atoms with van der Waals surface area (Å²) in [7, 11) is -1.95. The van der Waals surface area contributed by atoms with Crippen molar-refractivity contribution < 1.29 is 130 Å². The second-order valence-corrected chi connectivity index (χ2v) is 30.0. The van der Waals surface area contributed by atoms with Crippen molar-refractivity contribution >= 4 is 169 Å². The van der Waals surface area contributed by atoms with Crippen LogP contribution in [0.4, 0.5) is 22.7 Å². The smallest absolute Gasteiger partial charge is 0.327 e. The lowest BCUT2D eigenvalue weighted by Gasteiger charge is -2.09. The average molecular weight is 1820 g/mol. The van der Waals surface area contributed by atoms with Gasteiger partial charge in [-0.25, -0.2) is 36.8 Å². The van der Waals surface area contributed by atoms with E-state index in [1.807, 2.05) is 6.07 Å². The van der Waals surface area contributed by atoms with Crippen LogP contribution in [-0.2, 0) is 52.9 Å². The topological polar surface area (TPSA) is 540 Å². The maximum atomic E-state index is 13.5. The molecule has 0 saturated heterocycles. The molecule has 8 aromatic carbocycles. The van der Waals surface area contributed by atoms with Crippen LogP contribution < -0.4 is 32.7 Å². The molecule has 40 heteroatoms. The Labute approximate surface area is 743 Å². The molecule has 652 valence electrons. The second-order valence-electron chi connectivity index (χ2n) is 27.3. The van der Waals surface area contributed by atoms with Gasteiger partial charge in [0, 0.05) is 80.7 Å². The van der Waals surface area contributed by atoms with E-state index in [0.29, 0.717) is 106 Å². The van der Waals surface area contributed by atoms with E-state index in [4.69, 9.17) is 33.3 Å². The van der Waals surface area contributed by atoms with Crippen molar-refractivity contribution in [2.75, 3.05) is 6.26 Å². The Bertz CT molecular complexity index is 7070. The minimum atomic E-state index is -3.72. The first-order valence-electron chi connectivity index (χ1n) is 37.5. The summed E-state index contributed by atoms with van der Waals surface area (Å²) in [6, 6.07) is 74.3. The van der Waals surface area contributed by atoms with Crippen molar-refractivity contribution in [3.63, 3.8) is 0 Å². The minimum Gasteiger partial charge on any atom is -1.00 e. The SMILES string of the molecule is CS(=O)(=O)O[O-].C[n+]1ccccc1C(=O)n1c(C2=Nc3ccccc3C2=O)c(O)c2ccccc21.O=C1C(c2c(O)c3ccccc3n2C(=O)c2ccccn2)=Nc2ccccc21.O=C1C(c2c(O)c3ccccc3n2C(=O)c2ccccn2)=Nc2ccccc21.O=C1C(c2c(O)c3ccccc3n2C(=O)c2cccnc2)=Nc2ccccc21.O=S([O-])O[O-].O=S([O-])O[O-].[Cl-]. The van der Waals surface area contributed by atoms with E-state index in [2.05, 4.69) is 47.9 Å². The number of halogens is 1. The number of aryl methyl sites for hydroxylation is 1. The number of pyridine rings is 4. The fourth-order valence-corrected chi connectivity index (χ4v) is 14.2. The number of ketones is 4. The summed E-state index contributed by atoms with van der Waals surface area (Å²) in [5.41, 5.74) is 7.57. The lowest BCUT2D eigenvalue weighted by Crippen LogP contribution is -3.00. The molecule has 12 heterocycles. The highest BCUT2D eigenvalue weighted by atomic mass is 35.5. The van der Waals surface area contributed by atoms with Crippen molar-refractivity contribution in [2.45, 2.75) is 0 Å². The van der Waals surface area contributed by atoms with E-state index in [0.717, 1.165) is 0 Å². The van der Waals surface area contributed by atoms with Crippen LogP contribution in [0.25, 0.3) is 43.6 Å². The fourth-order valence-electron chi connectivity index (χ4n) is 14.2. The number of hydrogen-bond donors (Lipinski definition) is 4. The Balaban J connectivity index is 0.000000139. The Hall–Kier alpha value is -16.0. The summed E-state index contributed by atoms with van der Waals surface area (Å²) in [5, 5.41) is 71.5. The van der Waals surface area contributed by atoms with E-state index in [1.165, 1.54) is 36.9 Å². The van der Waals surface area contributed by atoms with Crippen LogP contribution in [0, 0.1) is 0 Å².